The van der Waals surface area contributed by atoms with E-state index in [1.807, 2.05) is 6.07 Å². The first-order valence-electron chi connectivity index (χ1n) is 5.84. The lowest BCUT2D eigenvalue weighted by Gasteiger charge is -2.15. The molecule has 0 aliphatic heterocycles. The van der Waals surface area contributed by atoms with E-state index in [-0.39, 0.29) is 5.78 Å². The van der Waals surface area contributed by atoms with Crippen LogP contribution in [0.15, 0.2) is 18.5 Å². The van der Waals surface area contributed by atoms with Crippen LogP contribution < -0.4 is 0 Å². The number of aromatic nitrogens is 1. The molecule has 1 rings (SSSR count). The van der Waals surface area contributed by atoms with Gasteiger partial charge in [0.25, 0.3) is 0 Å². The second-order valence-corrected chi connectivity index (χ2v) is 11.1. The van der Waals surface area contributed by atoms with Gasteiger partial charge in [-0.15, -0.1) is 0 Å². The van der Waals surface area contributed by atoms with Gasteiger partial charge in [0.1, 0.15) is 0 Å². The molecule has 16 heavy (non-hydrogen) atoms. The number of carbonyl (C=O) groups is 1. The number of pyridine rings is 1. The van der Waals surface area contributed by atoms with Gasteiger partial charge >= 0.3 is 0 Å². The van der Waals surface area contributed by atoms with E-state index in [9.17, 15) is 4.79 Å². The molecule has 1 aromatic rings. The zero-order valence-electron chi connectivity index (χ0n) is 10.7. The fourth-order valence-electron chi connectivity index (χ4n) is 1.77. The smallest absolute Gasteiger partial charge is 0.161 e. The van der Waals surface area contributed by atoms with Crippen LogP contribution in [0.25, 0.3) is 0 Å². The standard InChI is InChI=1S/C13H21NOSi/c1-11(15)13-10-14-8-7-12(13)6-5-9-16(2,3)4/h7-8,10H,5-6,9H2,1-4H3. The molecule has 88 valence electrons. The van der Waals surface area contributed by atoms with Gasteiger partial charge in [-0.1, -0.05) is 32.1 Å². The van der Waals surface area contributed by atoms with Gasteiger partial charge in [0, 0.05) is 26.0 Å². The Kier molecular flexibility index (Phi) is 4.41. The first kappa shape index (κ1) is 13.1. The molecule has 0 amide bonds. The van der Waals surface area contributed by atoms with Gasteiger partial charge in [-0.25, -0.2) is 0 Å². The number of nitrogens with zero attached hydrogens (tertiary/aromatic N) is 1. The van der Waals surface area contributed by atoms with E-state index in [4.69, 9.17) is 0 Å². The summed E-state index contributed by atoms with van der Waals surface area (Å²) >= 11 is 0. The highest BCUT2D eigenvalue weighted by Gasteiger charge is 2.13. The predicted octanol–water partition coefficient (Wildman–Crippen LogP) is 3.56. The average molecular weight is 235 g/mol. The molecular weight excluding hydrogens is 214 g/mol. The van der Waals surface area contributed by atoms with E-state index in [0.717, 1.165) is 17.5 Å². The van der Waals surface area contributed by atoms with E-state index in [1.165, 1.54) is 12.5 Å². The highest BCUT2D eigenvalue weighted by atomic mass is 28.3. The molecule has 1 aromatic heterocycles. The summed E-state index contributed by atoms with van der Waals surface area (Å²) in [5.41, 5.74) is 1.94. The minimum atomic E-state index is -0.956. The van der Waals surface area contributed by atoms with E-state index < -0.39 is 8.07 Å². The minimum absolute atomic E-state index is 0.121. The summed E-state index contributed by atoms with van der Waals surface area (Å²) in [6.45, 7) is 8.75. The lowest BCUT2D eigenvalue weighted by atomic mass is 10.0. The van der Waals surface area contributed by atoms with Crippen molar-refractivity contribution in [2.45, 2.75) is 45.5 Å². The van der Waals surface area contributed by atoms with Gasteiger partial charge in [0.05, 0.1) is 0 Å². The van der Waals surface area contributed by atoms with Crippen LogP contribution in [0.5, 0.6) is 0 Å². The summed E-state index contributed by atoms with van der Waals surface area (Å²) in [6, 6.07) is 3.29. The summed E-state index contributed by atoms with van der Waals surface area (Å²) in [5.74, 6) is 0.121. The summed E-state index contributed by atoms with van der Waals surface area (Å²) in [7, 11) is -0.956. The van der Waals surface area contributed by atoms with Gasteiger partial charge in [-0.3, -0.25) is 9.78 Å². The SMILES string of the molecule is CC(=O)c1cnccc1CCC[Si](C)(C)C. The monoisotopic (exact) mass is 235 g/mol. The summed E-state index contributed by atoms with van der Waals surface area (Å²) in [5, 5.41) is 0. The zero-order valence-corrected chi connectivity index (χ0v) is 11.7. The topological polar surface area (TPSA) is 30.0 Å². The molecule has 0 saturated carbocycles. The van der Waals surface area contributed by atoms with Gasteiger partial charge in [-0.2, -0.15) is 0 Å². The van der Waals surface area contributed by atoms with Crippen LogP contribution in [0.2, 0.25) is 25.7 Å². The Morgan fingerprint density at radius 2 is 2.06 bits per heavy atom. The number of Topliss-reactive ketones (excluding diaryl/α,β-unsaturated/α-hetero) is 1. The third-order valence-corrected chi connectivity index (χ3v) is 4.52. The molecule has 0 unspecified atom stereocenters. The van der Waals surface area contributed by atoms with Crippen molar-refractivity contribution in [2.24, 2.45) is 0 Å². The molecule has 0 atom stereocenters. The third kappa shape index (κ3) is 4.27. The Bertz CT molecular complexity index is 368. The molecule has 0 fully saturated rings. The number of hydrogen-bond donors (Lipinski definition) is 0. The molecule has 0 saturated heterocycles. The lowest BCUT2D eigenvalue weighted by molar-refractivity contribution is 0.101. The molecule has 0 aliphatic rings. The minimum Gasteiger partial charge on any atom is -0.294 e. The van der Waals surface area contributed by atoms with E-state index >= 15 is 0 Å². The second-order valence-electron chi connectivity index (χ2n) is 5.50. The van der Waals surface area contributed by atoms with Crippen molar-refractivity contribution >= 4 is 13.9 Å². The highest BCUT2D eigenvalue weighted by Crippen LogP contribution is 2.16. The second kappa shape index (κ2) is 5.39. The first-order chi connectivity index (χ1) is 7.40. The van der Waals surface area contributed by atoms with Crippen molar-refractivity contribution in [1.82, 2.24) is 4.98 Å². The van der Waals surface area contributed by atoms with Gasteiger partial charge in [0.2, 0.25) is 0 Å². The number of rotatable bonds is 5. The van der Waals surface area contributed by atoms with Crippen LogP contribution in [0, 0.1) is 0 Å². The molecule has 0 bridgehead atoms. The van der Waals surface area contributed by atoms with E-state index in [2.05, 4.69) is 24.6 Å². The largest absolute Gasteiger partial charge is 0.294 e. The first-order valence-corrected chi connectivity index (χ1v) is 9.55. The fourth-order valence-corrected chi connectivity index (χ4v) is 3.00. The van der Waals surface area contributed by atoms with Crippen LogP contribution in [0.4, 0.5) is 0 Å². The van der Waals surface area contributed by atoms with Crippen LogP contribution in [0.1, 0.15) is 29.3 Å². The van der Waals surface area contributed by atoms with Gasteiger partial charge in [0.15, 0.2) is 5.78 Å². The quantitative estimate of drug-likeness (QED) is 0.577. The van der Waals surface area contributed by atoms with Crippen molar-refractivity contribution in [3.8, 4) is 0 Å². The Hall–Kier alpha value is -0.963. The van der Waals surface area contributed by atoms with Crippen molar-refractivity contribution in [3.63, 3.8) is 0 Å². The predicted molar refractivity (Wildman–Crippen MR) is 70.7 cm³/mol. The molecule has 3 heteroatoms. The average Bonchev–Trinajstić information content (AvgIpc) is 2.16. The molecule has 1 heterocycles. The summed E-state index contributed by atoms with van der Waals surface area (Å²) in [6.07, 6.45) is 5.64. The molecule has 0 radical (unpaired) electrons. The molecule has 2 nitrogen and oxygen atoms in total. The Morgan fingerprint density at radius 1 is 1.38 bits per heavy atom. The fraction of sp³-hybridized carbons (Fsp3) is 0.538. The van der Waals surface area contributed by atoms with Crippen molar-refractivity contribution in [3.05, 3.63) is 29.6 Å². The maximum atomic E-state index is 11.4. The third-order valence-electron chi connectivity index (χ3n) is 2.66. The van der Waals surface area contributed by atoms with E-state index in [1.54, 1.807) is 19.3 Å². The molecular formula is C13H21NOSi. The maximum Gasteiger partial charge on any atom is 0.161 e. The summed E-state index contributed by atoms with van der Waals surface area (Å²) < 4.78 is 0. The van der Waals surface area contributed by atoms with Crippen LogP contribution in [0.3, 0.4) is 0 Å². The van der Waals surface area contributed by atoms with E-state index in [0.29, 0.717) is 0 Å². The zero-order chi connectivity index (χ0) is 12.2. The lowest BCUT2D eigenvalue weighted by Crippen LogP contribution is -2.19. The number of ketones is 1. The van der Waals surface area contributed by atoms with Crippen LogP contribution >= 0.6 is 0 Å². The van der Waals surface area contributed by atoms with Crippen molar-refractivity contribution in [2.75, 3.05) is 0 Å². The van der Waals surface area contributed by atoms with Gasteiger partial charge < -0.3 is 0 Å². The Labute approximate surface area is 99.1 Å². The van der Waals surface area contributed by atoms with Crippen LogP contribution in [-0.4, -0.2) is 18.8 Å². The molecule has 0 N–H and O–H groups in total. The number of hydrogen-bond acceptors (Lipinski definition) is 2. The Balaban J connectivity index is 2.64. The van der Waals surface area contributed by atoms with Gasteiger partial charge in [-0.05, 0) is 25.0 Å². The van der Waals surface area contributed by atoms with Crippen molar-refractivity contribution < 1.29 is 4.79 Å². The van der Waals surface area contributed by atoms with Crippen LogP contribution in [-0.2, 0) is 6.42 Å². The summed E-state index contributed by atoms with van der Waals surface area (Å²) in [4.78, 5) is 15.4. The molecule has 0 spiro atoms. The highest BCUT2D eigenvalue weighted by molar-refractivity contribution is 6.76. The number of carbonyl (C=O) groups excluding carboxylic acids is 1. The normalized spacial score (nSPS) is 11.5. The number of aryl methyl sites for hydroxylation is 1. The molecule has 0 aromatic carbocycles. The maximum absolute atomic E-state index is 11.4. The van der Waals surface area contributed by atoms with Crippen molar-refractivity contribution in [1.29, 1.82) is 0 Å². The Morgan fingerprint density at radius 3 is 2.62 bits per heavy atom. The molecule has 0 aliphatic carbocycles.